The highest BCUT2D eigenvalue weighted by Crippen LogP contribution is 2.24. The van der Waals surface area contributed by atoms with Crippen molar-refractivity contribution in [1.82, 2.24) is 10.2 Å². The minimum Gasteiger partial charge on any atom is -0.352 e. The topological polar surface area (TPSA) is 86.8 Å². The Bertz CT molecular complexity index is 1110. The number of benzene rings is 2. The van der Waals surface area contributed by atoms with Crippen LogP contribution in [0, 0.1) is 5.82 Å². The van der Waals surface area contributed by atoms with E-state index < -0.39 is 34.3 Å². The maximum atomic E-state index is 14.4. The third kappa shape index (κ3) is 7.17. The van der Waals surface area contributed by atoms with Crippen LogP contribution < -0.4 is 9.62 Å². The standard InChI is InChI=1S/C24H31ClFN3O4S/c1-5-17(3)27-24(31)21(6-2)28(15-18-11-7-8-12-19(18)25)23(30)16-29(34(4,32)33)22-14-10-9-13-20(22)26/h7-14,17,21H,5-6,15-16H2,1-4H3,(H,27,31). The molecule has 0 radical (unpaired) electrons. The second-order valence-corrected chi connectivity index (χ2v) is 10.4. The van der Waals surface area contributed by atoms with Crippen LogP contribution in [0.1, 0.15) is 39.2 Å². The van der Waals surface area contributed by atoms with E-state index in [1.54, 1.807) is 31.2 Å². The van der Waals surface area contributed by atoms with Gasteiger partial charge < -0.3 is 10.2 Å². The molecule has 0 aliphatic carbocycles. The quantitative estimate of drug-likeness (QED) is 0.494. The minimum atomic E-state index is -4.01. The van der Waals surface area contributed by atoms with Crippen LogP contribution in [0.4, 0.5) is 10.1 Å². The van der Waals surface area contributed by atoms with Crippen molar-refractivity contribution in [3.63, 3.8) is 0 Å². The molecule has 0 saturated carbocycles. The van der Waals surface area contributed by atoms with E-state index in [1.165, 1.54) is 23.1 Å². The molecule has 7 nitrogen and oxygen atoms in total. The first-order valence-electron chi connectivity index (χ1n) is 11.0. The molecule has 0 bridgehead atoms. The first-order valence-corrected chi connectivity index (χ1v) is 13.3. The van der Waals surface area contributed by atoms with Crippen molar-refractivity contribution < 1.29 is 22.4 Å². The van der Waals surface area contributed by atoms with Gasteiger partial charge in [0.25, 0.3) is 0 Å². The molecule has 0 fully saturated rings. The number of nitrogens with zero attached hydrogens (tertiary/aromatic N) is 2. The predicted molar refractivity (Wildman–Crippen MR) is 133 cm³/mol. The number of halogens is 2. The molecule has 2 unspecified atom stereocenters. The third-order valence-electron chi connectivity index (χ3n) is 5.49. The Kier molecular flexibility index (Phi) is 9.88. The van der Waals surface area contributed by atoms with Crippen LogP contribution in [0.5, 0.6) is 0 Å². The molecular weight excluding hydrogens is 481 g/mol. The Hall–Kier alpha value is -2.65. The summed E-state index contributed by atoms with van der Waals surface area (Å²) in [5.41, 5.74) is 0.359. The van der Waals surface area contributed by atoms with E-state index in [0.29, 0.717) is 21.3 Å². The van der Waals surface area contributed by atoms with Crippen LogP contribution in [0.3, 0.4) is 0 Å². The fourth-order valence-electron chi connectivity index (χ4n) is 3.42. The van der Waals surface area contributed by atoms with Gasteiger partial charge in [-0.1, -0.05) is 55.8 Å². The van der Waals surface area contributed by atoms with Gasteiger partial charge >= 0.3 is 0 Å². The lowest BCUT2D eigenvalue weighted by molar-refractivity contribution is -0.140. The Labute approximate surface area is 205 Å². The second kappa shape index (κ2) is 12.2. The molecule has 10 heteroatoms. The zero-order valence-electron chi connectivity index (χ0n) is 19.8. The summed E-state index contributed by atoms with van der Waals surface area (Å²) in [5.74, 6) is -1.78. The van der Waals surface area contributed by atoms with E-state index in [9.17, 15) is 22.4 Å². The van der Waals surface area contributed by atoms with Crippen molar-refractivity contribution in [2.24, 2.45) is 0 Å². The summed E-state index contributed by atoms with van der Waals surface area (Å²) in [4.78, 5) is 27.9. The predicted octanol–water partition coefficient (Wildman–Crippen LogP) is 3.97. The fraction of sp³-hybridized carbons (Fsp3) is 0.417. The Morgan fingerprint density at radius 2 is 1.68 bits per heavy atom. The molecule has 0 aliphatic heterocycles. The summed E-state index contributed by atoms with van der Waals surface area (Å²) in [6, 6.07) is 11.2. The van der Waals surface area contributed by atoms with Crippen LogP contribution in [-0.4, -0.2) is 50.0 Å². The monoisotopic (exact) mass is 511 g/mol. The maximum Gasteiger partial charge on any atom is 0.244 e. The minimum absolute atomic E-state index is 0.0141. The van der Waals surface area contributed by atoms with Crippen molar-refractivity contribution in [3.8, 4) is 0 Å². The molecule has 0 aliphatic rings. The first kappa shape index (κ1) is 27.6. The molecule has 2 rings (SSSR count). The van der Waals surface area contributed by atoms with Gasteiger partial charge in [-0.25, -0.2) is 12.8 Å². The summed E-state index contributed by atoms with van der Waals surface area (Å²) in [6.07, 6.45) is 1.89. The highest BCUT2D eigenvalue weighted by Gasteiger charge is 2.33. The lowest BCUT2D eigenvalue weighted by Gasteiger charge is -2.33. The van der Waals surface area contributed by atoms with Crippen LogP contribution >= 0.6 is 11.6 Å². The Morgan fingerprint density at radius 1 is 1.06 bits per heavy atom. The highest BCUT2D eigenvalue weighted by atomic mass is 35.5. The molecule has 2 aromatic carbocycles. The molecule has 0 spiro atoms. The molecule has 2 atom stereocenters. The zero-order valence-corrected chi connectivity index (χ0v) is 21.4. The van der Waals surface area contributed by atoms with Crippen LogP contribution in [-0.2, 0) is 26.2 Å². The molecule has 0 saturated heterocycles. The van der Waals surface area contributed by atoms with Gasteiger partial charge in [0.15, 0.2) is 0 Å². The van der Waals surface area contributed by atoms with Gasteiger partial charge in [-0.3, -0.25) is 13.9 Å². The van der Waals surface area contributed by atoms with Crippen LogP contribution in [0.2, 0.25) is 5.02 Å². The number of amides is 2. The smallest absolute Gasteiger partial charge is 0.244 e. The van der Waals surface area contributed by atoms with E-state index in [2.05, 4.69) is 5.32 Å². The molecule has 2 aromatic rings. The van der Waals surface area contributed by atoms with Crippen molar-refractivity contribution in [2.45, 2.75) is 52.2 Å². The number of sulfonamides is 1. The maximum absolute atomic E-state index is 14.4. The Morgan fingerprint density at radius 3 is 2.24 bits per heavy atom. The fourth-order valence-corrected chi connectivity index (χ4v) is 4.47. The number of para-hydroxylation sites is 1. The SMILES string of the molecule is CCC(C)NC(=O)C(CC)N(Cc1ccccc1Cl)C(=O)CN(c1ccccc1F)S(C)(=O)=O. The van der Waals surface area contributed by atoms with E-state index in [1.807, 2.05) is 13.8 Å². The van der Waals surface area contributed by atoms with Crippen molar-refractivity contribution in [3.05, 3.63) is 64.9 Å². The average molecular weight is 512 g/mol. The van der Waals surface area contributed by atoms with E-state index in [-0.39, 0.29) is 30.6 Å². The summed E-state index contributed by atoms with van der Waals surface area (Å²) in [7, 11) is -4.01. The first-order chi connectivity index (χ1) is 16.0. The molecule has 186 valence electrons. The molecule has 1 N–H and O–H groups in total. The largest absolute Gasteiger partial charge is 0.352 e. The number of rotatable bonds is 11. The third-order valence-corrected chi connectivity index (χ3v) is 6.98. The lowest BCUT2D eigenvalue weighted by Crippen LogP contribution is -2.53. The molecule has 0 aromatic heterocycles. The van der Waals surface area contributed by atoms with Gasteiger partial charge in [0.1, 0.15) is 18.4 Å². The van der Waals surface area contributed by atoms with Crippen LogP contribution in [0.15, 0.2) is 48.5 Å². The van der Waals surface area contributed by atoms with Gasteiger partial charge in [-0.15, -0.1) is 0 Å². The number of carbonyl (C=O) groups excluding carboxylic acids is 2. The van der Waals surface area contributed by atoms with Gasteiger partial charge in [-0.2, -0.15) is 0 Å². The summed E-state index contributed by atoms with van der Waals surface area (Å²) in [5, 5.41) is 3.29. The van der Waals surface area contributed by atoms with Crippen molar-refractivity contribution in [2.75, 3.05) is 17.1 Å². The number of anilines is 1. The van der Waals surface area contributed by atoms with Gasteiger partial charge in [0.2, 0.25) is 21.8 Å². The van der Waals surface area contributed by atoms with Gasteiger partial charge in [-0.05, 0) is 43.5 Å². The molecule has 2 amide bonds. The lowest BCUT2D eigenvalue weighted by atomic mass is 10.1. The summed E-state index contributed by atoms with van der Waals surface area (Å²) < 4.78 is 40.2. The Balaban J connectivity index is 2.47. The number of hydrogen-bond donors (Lipinski definition) is 1. The van der Waals surface area contributed by atoms with Crippen molar-refractivity contribution >= 4 is 39.1 Å². The average Bonchev–Trinajstić information content (AvgIpc) is 2.78. The molecule has 0 heterocycles. The normalized spacial score (nSPS) is 13.1. The summed E-state index contributed by atoms with van der Waals surface area (Å²) >= 11 is 6.31. The van der Waals surface area contributed by atoms with E-state index >= 15 is 0 Å². The number of hydrogen-bond acceptors (Lipinski definition) is 4. The molecule has 34 heavy (non-hydrogen) atoms. The van der Waals surface area contributed by atoms with Gasteiger partial charge in [0, 0.05) is 17.6 Å². The van der Waals surface area contributed by atoms with E-state index in [4.69, 9.17) is 11.6 Å². The van der Waals surface area contributed by atoms with Crippen molar-refractivity contribution in [1.29, 1.82) is 0 Å². The zero-order chi connectivity index (χ0) is 25.5. The summed E-state index contributed by atoms with van der Waals surface area (Å²) in [6.45, 7) is 4.86. The second-order valence-electron chi connectivity index (χ2n) is 8.08. The van der Waals surface area contributed by atoms with Gasteiger partial charge in [0.05, 0.1) is 11.9 Å². The number of nitrogens with one attached hydrogen (secondary N) is 1. The van der Waals surface area contributed by atoms with Crippen LogP contribution in [0.25, 0.3) is 0 Å². The molecular formula is C24H31ClFN3O4S. The van der Waals surface area contributed by atoms with E-state index in [0.717, 1.165) is 12.3 Å². The highest BCUT2D eigenvalue weighted by molar-refractivity contribution is 7.92. The number of carbonyl (C=O) groups is 2.